The van der Waals surface area contributed by atoms with Crippen molar-refractivity contribution in [3.05, 3.63) is 0 Å². The van der Waals surface area contributed by atoms with Crippen molar-refractivity contribution in [2.75, 3.05) is 6.54 Å². The van der Waals surface area contributed by atoms with Crippen molar-refractivity contribution in [1.82, 2.24) is 5.32 Å². The van der Waals surface area contributed by atoms with Crippen molar-refractivity contribution < 1.29 is 19.8 Å². The predicted octanol–water partition coefficient (Wildman–Crippen LogP) is 1.15. The lowest BCUT2D eigenvalue weighted by molar-refractivity contribution is -0.149. The fourth-order valence-electron chi connectivity index (χ4n) is 2.27. The second kappa shape index (κ2) is 6.18. The number of hydrogen-bond donors (Lipinski definition) is 3. The van der Waals surface area contributed by atoms with E-state index in [0.29, 0.717) is 19.3 Å². The molecule has 0 radical (unpaired) electrons. The van der Waals surface area contributed by atoms with Crippen molar-refractivity contribution in [1.29, 1.82) is 0 Å². The van der Waals surface area contributed by atoms with Crippen LogP contribution in [-0.2, 0) is 9.59 Å². The van der Waals surface area contributed by atoms with Gasteiger partial charge in [0.25, 0.3) is 0 Å². The maximum atomic E-state index is 12.0. The quantitative estimate of drug-likeness (QED) is 0.689. The number of aliphatic carboxylic acids is 1. The van der Waals surface area contributed by atoms with E-state index < -0.39 is 23.4 Å². The summed E-state index contributed by atoms with van der Waals surface area (Å²) in [7, 11) is 0. The molecule has 1 rings (SSSR count). The number of carboxylic acids is 1. The molecule has 5 heteroatoms. The maximum absolute atomic E-state index is 12.0. The molecule has 0 aromatic rings. The number of carbonyl (C=O) groups excluding carboxylic acids is 1. The number of amides is 1. The average Bonchev–Trinajstić information content (AvgIpc) is 2.36. The molecular weight excluding hydrogens is 234 g/mol. The van der Waals surface area contributed by atoms with Gasteiger partial charge in [0.15, 0.2) is 0 Å². The number of aliphatic hydroxyl groups is 1. The molecule has 0 aromatic heterocycles. The summed E-state index contributed by atoms with van der Waals surface area (Å²) in [5, 5.41) is 21.6. The standard InChI is InChI=1S/C13H23NO4/c1-3-13(2,18)8-14-11(15)9-6-4-5-7-10(9)12(16)17/h9-10,18H,3-8H2,1-2H3,(H,14,15)(H,16,17)/t9-,10+,13?/m1/s1. The van der Waals surface area contributed by atoms with E-state index in [2.05, 4.69) is 5.32 Å². The van der Waals surface area contributed by atoms with E-state index in [4.69, 9.17) is 5.11 Å². The first-order chi connectivity index (χ1) is 8.37. The Balaban J connectivity index is 2.56. The van der Waals surface area contributed by atoms with Crippen LogP contribution in [0, 0.1) is 11.8 Å². The molecule has 0 heterocycles. The summed E-state index contributed by atoms with van der Waals surface area (Å²) in [6, 6.07) is 0. The zero-order valence-electron chi connectivity index (χ0n) is 11.1. The van der Waals surface area contributed by atoms with Crippen LogP contribution in [-0.4, -0.2) is 34.2 Å². The second-order valence-corrected chi connectivity index (χ2v) is 5.40. The van der Waals surface area contributed by atoms with Crippen molar-refractivity contribution in [2.24, 2.45) is 11.8 Å². The van der Waals surface area contributed by atoms with E-state index in [9.17, 15) is 14.7 Å². The smallest absolute Gasteiger partial charge is 0.307 e. The lowest BCUT2D eigenvalue weighted by atomic mass is 9.78. The van der Waals surface area contributed by atoms with E-state index in [-0.39, 0.29) is 12.5 Å². The highest BCUT2D eigenvalue weighted by Crippen LogP contribution is 2.30. The van der Waals surface area contributed by atoms with Gasteiger partial charge in [-0.3, -0.25) is 9.59 Å². The van der Waals surface area contributed by atoms with Gasteiger partial charge in [0.2, 0.25) is 5.91 Å². The van der Waals surface area contributed by atoms with Crippen molar-refractivity contribution in [3.63, 3.8) is 0 Å². The van der Waals surface area contributed by atoms with Crippen molar-refractivity contribution in [2.45, 2.75) is 51.6 Å². The van der Waals surface area contributed by atoms with Gasteiger partial charge >= 0.3 is 5.97 Å². The summed E-state index contributed by atoms with van der Waals surface area (Å²) in [4.78, 5) is 23.1. The van der Waals surface area contributed by atoms with Crippen LogP contribution in [0.5, 0.6) is 0 Å². The van der Waals surface area contributed by atoms with Crippen LogP contribution in [0.4, 0.5) is 0 Å². The van der Waals surface area contributed by atoms with Gasteiger partial charge in [0.05, 0.1) is 17.4 Å². The van der Waals surface area contributed by atoms with Crippen LogP contribution >= 0.6 is 0 Å². The Kier molecular flexibility index (Phi) is 5.14. The van der Waals surface area contributed by atoms with E-state index in [1.54, 1.807) is 6.92 Å². The highest BCUT2D eigenvalue weighted by Gasteiger charge is 2.36. The van der Waals surface area contributed by atoms with Gasteiger partial charge in [0, 0.05) is 6.54 Å². The van der Waals surface area contributed by atoms with E-state index >= 15 is 0 Å². The number of carbonyl (C=O) groups is 2. The third kappa shape index (κ3) is 3.98. The first-order valence-electron chi connectivity index (χ1n) is 6.60. The molecule has 1 saturated carbocycles. The van der Waals surface area contributed by atoms with Gasteiger partial charge < -0.3 is 15.5 Å². The lowest BCUT2D eigenvalue weighted by Crippen LogP contribution is -2.45. The topological polar surface area (TPSA) is 86.6 Å². The molecule has 1 aliphatic carbocycles. The minimum absolute atomic E-state index is 0.172. The average molecular weight is 257 g/mol. The molecule has 104 valence electrons. The fraction of sp³-hybridized carbons (Fsp3) is 0.846. The Labute approximate surface area is 108 Å². The van der Waals surface area contributed by atoms with E-state index in [1.165, 1.54) is 0 Å². The third-order valence-corrected chi connectivity index (χ3v) is 3.83. The maximum Gasteiger partial charge on any atom is 0.307 e. The Morgan fingerprint density at radius 3 is 2.33 bits per heavy atom. The number of nitrogens with one attached hydrogen (secondary N) is 1. The molecule has 3 N–H and O–H groups in total. The Hall–Kier alpha value is -1.10. The Morgan fingerprint density at radius 2 is 1.83 bits per heavy atom. The summed E-state index contributed by atoms with van der Waals surface area (Å²) in [6.07, 6.45) is 3.49. The second-order valence-electron chi connectivity index (χ2n) is 5.40. The SMILES string of the molecule is CCC(C)(O)CNC(=O)[C@@H]1CCCC[C@@H]1C(=O)O. The van der Waals surface area contributed by atoms with Crippen LogP contribution in [0.3, 0.4) is 0 Å². The van der Waals surface area contributed by atoms with Gasteiger partial charge in [-0.05, 0) is 26.2 Å². The van der Waals surface area contributed by atoms with Crippen LogP contribution in [0.2, 0.25) is 0 Å². The molecule has 5 nitrogen and oxygen atoms in total. The summed E-state index contributed by atoms with van der Waals surface area (Å²) >= 11 is 0. The molecular formula is C13H23NO4. The van der Waals surface area contributed by atoms with Crippen LogP contribution in [0.15, 0.2) is 0 Å². The molecule has 1 amide bonds. The third-order valence-electron chi connectivity index (χ3n) is 3.83. The van der Waals surface area contributed by atoms with Crippen LogP contribution in [0.1, 0.15) is 46.0 Å². The van der Waals surface area contributed by atoms with Gasteiger partial charge in [-0.25, -0.2) is 0 Å². The van der Waals surface area contributed by atoms with Gasteiger partial charge in [0.1, 0.15) is 0 Å². The van der Waals surface area contributed by atoms with E-state index in [1.807, 2.05) is 6.92 Å². The van der Waals surface area contributed by atoms with E-state index in [0.717, 1.165) is 12.8 Å². The summed E-state index contributed by atoms with van der Waals surface area (Å²) in [6.45, 7) is 3.67. The summed E-state index contributed by atoms with van der Waals surface area (Å²) in [5.41, 5.74) is -0.928. The molecule has 0 bridgehead atoms. The fourth-order valence-corrected chi connectivity index (χ4v) is 2.27. The summed E-state index contributed by atoms with van der Waals surface area (Å²) < 4.78 is 0. The molecule has 0 spiro atoms. The largest absolute Gasteiger partial charge is 0.481 e. The number of rotatable bonds is 5. The Morgan fingerprint density at radius 1 is 1.28 bits per heavy atom. The minimum Gasteiger partial charge on any atom is -0.481 e. The van der Waals surface area contributed by atoms with Crippen LogP contribution < -0.4 is 5.32 Å². The highest BCUT2D eigenvalue weighted by atomic mass is 16.4. The Bertz CT molecular complexity index is 314. The summed E-state index contributed by atoms with van der Waals surface area (Å²) in [5.74, 6) is -2.16. The molecule has 0 saturated heterocycles. The highest BCUT2D eigenvalue weighted by molar-refractivity contribution is 5.84. The molecule has 18 heavy (non-hydrogen) atoms. The minimum atomic E-state index is -0.928. The molecule has 1 fully saturated rings. The van der Waals surface area contributed by atoms with Gasteiger partial charge in [-0.1, -0.05) is 19.8 Å². The zero-order chi connectivity index (χ0) is 13.8. The van der Waals surface area contributed by atoms with Crippen molar-refractivity contribution in [3.8, 4) is 0 Å². The molecule has 0 aromatic carbocycles. The van der Waals surface area contributed by atoms with Crippen LogP contribution in [0.25, 0.3) is 0 Å². The number of hydrogen-bond acceptors (Lipinski definition) is 3. The zero-order valence-corrected chi connectivity index (χ0v) is 11.1. The predicted molar refractivity (Wildman–Crippen MR) is 67.0 cm³/mol. The normalized spacial score (nSPS) is 27.3. The lowest BCUT2D eigenvalue weighted by Gasteiger charge is -2.29. The first kappa shape index (κ1) is 15.0. The monoisotopic (exact) mass is 257 g/mol. The first-order valence-corrected chi connectivity index (χ1v) is 6.60. The molecule has 1 aliphatic rings. The van der Waals surface area contributed by atoms with Gasteiger partial charge in [-0.15, -0.1) is 0 Å². The van der Waals surface area contributed by atoms with Crippen molar-refractivity contribution >= 4 is 11.9 Å². The number of carboxylic acid groups (broad SMARTS) is 1. The molecule has 0 aliphatic heterocycles. The van der Waals surface area contributed by atoms with Gasteiger partial charge in [-0.2, -0.15) is 0 Å². The molecule has 3 atom stereocenters. The molecule has 1 unspecified atom stereocenters.